The molecule has 18 heavy (non-hydrogen) atoms. The minimum atomic E-state index is -3.48. The van der Waals surface area contributed by atoms with Crippen LogP contribution in [0.5, 0.6) is 0 Å². The predicted octanol–water partition coefficient (Wildman–Crippen LogP) is 0.849. The monoisotopic (exact) mass is 268 g/mol. The molecular formula is C12H16N2O3S. The number of rotatable bonds is 2. The Labute approximate surface area is 107 Å². The van der Waals surface area contributed by atoms with Gasteiger partial charge >= 0.3 is 0 Å². The van der Waals surface area contributed by atoms with Crippen LogP contribution < -0.4 is 9.62 Å². The van der Waals surface area contributed by atoms with Crippen LogP contribution in [-0.4, -0.2) is 28.4 Å². The van der Waals surface area contributed by atoms with E-state index in [4.69, 9.17) is 0 Å². The Bertz CT molecular complexity index is 620. The smallest absolute Gasteiger partial charge is 0.240 e. The normalized spacial score (nSPS) is 18.0. The fourth-order valence-corrected chi connectivity index (χ4v) is 2.99. The lowest BCUT2D eigenvalue weighted by molar-refractivity contribution is -0.121. The maximum absolute atomic E-state index is 12.1. The van der Waals surface area contributed by atoms with Gasteiger partial charge in [-0.2, -0.15) is 0 Å². The number of amides is 1. The third kappa shape index (κ3) is 1.64. The zero-order valence-corrected chi connectivity index (χ0v) is 11.6. The van der Waals surface area contributed by atoms with Gasteiger partial charge in [0.15, 0.2) is 0 Å². The predicted molar refractivity (Wildman–Crippen MR) is 69.1 cm³/mol. The number of sulfonamides is 1. The van der Waals surface area contributed by atoms with Crippen LogP contribution in [0.15, 0.2) is 23.1 Å². The van der Waals surface area contributed by atoms with Gasteiger partial charge in [0, 0.05) is 12.7 Å². The first-order valence-electron chi connectivity index (χ1n) is 5.58. The number of benzene rings is 1. The molecule has 0 aromatic heterocycles. The summed E-state index contributed by atoms with van der Waals surface area (Å²) >= 11 is 0. The molecule has 0 radical (unpaired) electrons. The highest BCUT2D eigenvalue weighted by atomic mass is 32.2. The van der Waals surface area contributed by atoms with Gasteiger partial charge in [-0.3, -0.25) is 4.79 Å². The van der Waals surface area contributed by atoms with Crippen molar-refractivity contribution in [2.24, 2.45) is 0 Å². The molecule has 98 valence electrons. The number of hydrogen-bond donors (Lipinski definition) is 1. The topological polar surface area (TPSA) is 66.5 Å². The van der Waals surface area contributed by atoms with Crippen LogP contribution in [0.25, 0.3) is 0 Å². The molecule has 0 saturated heterocycles. The maximum atomic E-state index is 12.1. The van der Waals surface area contributed by atoms with Gasteiger partial charge in [0.2, 0.25) is 15.9 Å². The van der Waals surface area contributed by atoms with E-state index in [0.29, 0.717) is 0 Å². The van der Waals surface area contributed by atoms with Crippen LogP contribution in [0.1, 0.15) is 19.4 Å². The van der Waals surface area contributed by atoms with E-state index in [1.807, 2.05) is 0 Å². The molecule has 1 N–H and O–H groups in total. The van der Waals surface area contributed by atoms with Gasteiger partial charge in [0.25, 0.3) is 0 Å². The Balaban J connectivity index is 2.66. The molecule has 1 aliphatic rings. The standard InChI is InChI=1S/C12H16N2O3S/c1-12(2)9-7-8(18(16,17)13-3)5-6-10(9)14(4)11(12)15/h5-7,13H,1-4H3. The summed E-state index contributed by atoms with van der Waals surface area (Å²) in [5.41, 5.74) is 0.815. The lowest BCUT2D eigenvalue weighted by atomic mass is 9.86. The van der Waals surface area contributed by atoms with Crippen molar-refractivity contribution in [1.29, 1.82) is 0 Å². The van der Waals surface area contributed by atoms with Crippen molar-refractivity contribution in [3.05, 3.63) is 23.8 Å². The summed E-state index contributed by atoms with van der Waals surface area (Å²) in [4.78, 5) is 13.8. The Kier molecular flexibility index (Phi) is 2.75. The summed E-state index contributed by atoms with van der Waals surface area (Å²) in [7, 11) is -0.422. The number of carbonyl (C=O) groups is 1. The van der Waals surface area contributed by atoms with Gasteiger partial charge in [-0.15, -0.1) is 0 Å². The molecule has 0 aliphatic carbocycles. The zero-order valence-electron chi connectivity index (χ0n) is 10.8. The highest BCUT2D eigenvalue weighted by Crippen LogP contribution is 2.41. The molecule has 1 aliphatic heterocycles. The van der Waals surface area contributed by atoms with E-state index in [-0.39, 0.29) is 10.8 Å². The Morgan fingerprint density at radius 1 is 1.28 bits per heavy atom. The van der Waals surface area contributed by atoms with E-state index < -0.39 is 15.4 Å². The van der Waals surface area contributed by atoms with Crippen LogP contribution in [0.3, 0.4) is 0 Å². The number of nitrogens with one attached hydrogen (secondary N) is 1. The highest BCUT2D eigenvalue weighted by molar-refractivity contribution is 7.89. The highest BCUT2D eigenvalue weighted by Gasteiger charge is 2.42. The van der Waals surface area contributed by atoms with Crippen LogP contribution >= 0.6 is 0 Å². The van der Waals surface area contributed by atoms with E-state index in [1.54, 1.807) is 37.9 Å². The second kappa shape index (κ2) is 3.80. The number of likely N-dealkylation sites (N-methyl/N-ethyl adjacent to an activating group) is 1. The molecule has 5 nitrogen and oxygen atoms in total. The number of anilines is 1. The zero-order chi connectivity index (χ0) is 13.7. The second-order valence-corrected chi connectivity index (χ2v) is 6.76. The number of fused-ring (bicyclic) bond motifs is 1. The van der Waals surface area contributed by atoms with Crippen molar-refractivity contribution >= 4 is 21.6 Å². The third-order valence-electron chi connectivity index (χ3n) is 3.42. The molecule has 0 bridgehead atoms. The molecular weight excluding hydrogens is 252 g/mol. The van der Waals surface area contributed by atoms with Gasteiger partial charge in [-0.25, -0.2) is 13.1 Å². The Hall–Kier alpha value is -1.40. The number of carbonyl (C=O) groups excluding carboxylic acids is 1. The molecule has 1 heterocycles. The molecule has 2 rings (SSSR count). The molecule has 0 spiro atoms. The van der Waals surface area contributed by atoms with Crippen molar-refractivity contribution in [1.82, 2.24) is 4.72 Å². The lowest BCUT2D eigenvalue weighted by Crippen LogP contribution is -2.33. The minimum Gasteiger partial charge on any atom is -0.314 e. The summed E-state index contributed by atoms with van der Waals surface area (Å²) in [6, 6.07) is 4.75. The fourth-order valence-electron chi connectivity index (χ4n) is 2.24. The van der Waals surface area contributed by atoms with E-state index in [9.17, 15) is 13.2 Å². The first-order chi connectivity index (χ1) is 8.21. The molecule has 1 aromatic rings. The van der Waals surface area contributed by atoms with Crippen molar-refractivity contribution in [3.63, 3.8) is 0 Å². The van der Waals surface area contributed by atoms with E-state index in [1.165, 1.54) is 13.1 Å². The third-order valence-corrected chi connectivity index (χ3v) is 4.83. The molecule has 1 aromatic carbocycles. The van der Waals surface area contributed by atoms with Crippen LogP contribution in [0.4, 0.5) is 5.69 Å². The second-order valence-electron chi connectivity index (χ2n) is 4.88. The van der Waals surface area contributed by atoms with Crippen LogP contribution in [0.2, 0.25) is 0 Å². The first-order valence-corrected chi connectivity index (χ1v) is 7.06. The van der Waals surface area contributed by atoms with Crippen molar-refractivity contribution in [3.8, 4) is 0 Å². The largest absolute Gasteiger partial charge is 0.314 e. The van der Waals surface area contributed by atoms with Crippen molar-refractivity contribution in [2.75, 3.05) is 19.0 Å². The molecule has 0 fully saturated rings. The summed E-state index contributed by atoms with van der Waals surface area (Å²) in [6.45, 7) is 3.60. The quantitative estimate of drug-likeness (QED) is 0.864. The van der Waals surface area contributed by atoms with E-state index in [0.717, 1.165) is 11.3 Å². The average molecular weight is 268 g/mol. The Morgan fingerprint density at radius 2 is 1.89 bits per heavy atom. The van der Waals surface area contributed by atoms with Crippen molar-refractivity contribution in [2.45, 2.75) is 24.2 Å². The van der Waals surface area contributed by atoms with E-state index >= 15 is 0 Å². The maximum Gasteiger partial charge on any atom is 0.240 e. The summed E-state index contributed by atoms with van der Waals surface area (Å²) in [5.74, 6) is -0.0310. The summed E-state index contributed by atoms with van der Waals surface area (Å²) in [5, 5.41) is 0. The van der Waals surface area contributed by atoms with Crippen LogP contribution in [-0.2, 0) is 20.2 Å². The van der Waals surface area contributed by atoms with Gasteiger partial charge in [0.05, 0.1) is 10.3 Å². The average Bonchev–Trinajstić information content (AvgIpc) is 2.51. The van der Waals surface area contributed by atoms with Gasteiger partial charge in [0.1, 0.15) is 0 Å². The first kappa shape index (κ1) is 13.0. The molecule has 0 atom stereocenters. The van der Waals surface area contributed by atoms with E-state index in [2.05, 4.69) is 4.72 Å². The number of nitrogens with zero attached hydrogens (tertiary/aromatic N) is 1. The number of hydrogen-bond acceptors (Lipinski definition) is 3. The van der Waals surface area contributed by atoms with Gasteiger partial charge < -0.3 is 4.90 Å². The molecule has 0 unspecified atom stereocenters. The lowest BCUT2D eigenvalue weighted by Gasteiger charge is -2.16. The van der Waals surface area contributed by atoms with Gasteiger partial charge in [-0.1, -0.05) is 0 Å². The Morgan fingerprint density at radius 3 is 2.44 bits per heavy atom. The minimum absolute atomic E-state index is 0.0310. The molecule has 6 heteroatoms. The van der Waals surface area contributed by atoms with Crippen LogP contribution in [0, 0.1) is 0 Å². The fraction of sp³-hybridized carbons (Fsp3) is 0.417. The molecule has 0 saturated carbocycles. The SMILES string of the molecule is CNS(=O)(=O)c1ccc2c(c1)C(C)(C)C(=O)N2C. The summed E-state index contributed by atoms with van der Waals surface area (Å²) in [6.07, 6.45) is 0. The van der Waals surface area contributed by atoms with Crippen molar-refractivity contribution < 1.29 is 13.2 Å². The summed E-state index contributed by atoms with van der Waals surface area (Å²) < 4.78 is 25.8. The van der Waals surface area contributed by atoms with Gasteiger partial charge in [-0.05, 0) is 44.7 Å². The molecule has 1 amide bonds.